The van der Waals surface area contributed by atoms with Crippen LogP contribution in [-0.4, -0.2) is 42.3 Å². The highest BCUT2D eigenvalue weighted by molar-refractivity contribution is 6.46. The first-order valence-corrected chi connectivity index (χ1v) is 10.5. The highest BCUT2D eigenvalue weighted by atomic mass is 16.3. The maximum absolute atomic E-state index is 13.0. The fourth-order valence-electron chi connectivity index (χ4n) is 3.79. The monoisotopic (exact) mass is 406 g/mol. The minimum Gasteiger partial charge on any atom is -0.507 e. The van der Waals surface area contributed by atoms with Crippen molar-refractivity contribution in [3.8, 4) is 0 Å². The van der Waals surface area contributed by atoms with E-state index in [9.17, 15) is 14.7 Å². The molecule has 2 aromatic carbocycles. The predicted molar refractivity (Wildman–Crippen MR) is 121 cm³/mol. The lowest BCUT2D eigenvalue weighted by Gasteiger charge is -2.25. The summed E-state index contributed by atoms with van der Waals surface area (Å²) in [5.41, 5.74) is 3.71. The van der Waals surface area contributed by atoms with E-state index in [0.29, 0.717) is 12.1 Å². The molecular weight excluding hydrogens is 376 g/mol. The first-order valence-electron chi connectivity index (χ1n) is 10.5. The van der Waals surface area contributed by atoms with Crippen LogP contribution in [0, 0.1) is 0 Å². The first-order chi connectivity index (χ1) is 14.4. The van der Waals surface area contributed by atoms with Crippen molar-refractivity contribution < 1.29 is 14.7 Å². The fraction of sp³-hybridized carbons (Fsp3) is 0.360. The van der Waals surface area contributed by atoms with Crippen molar-refractivity contribution in [2.75, 3.05) is 25.5 Å². The molecule has 1 heterocycles. The molecule has 1 aliphatic rings. The van der Waals surface area contributed by atoms with Crippen LogP contribution in [0.5, 0.6) is 0 Å². The number of unbranched alkanes of at least 4 members (excludes halogenated alkanes) is 1. The van der Waals surface area contributed by atoms with Gasteiger partial charge in [-0.2, -0.15) is 0 Å². The van der Waals surface area contributed by atoms with E-state index in [2.05, 4.69) is 6.92 Å². The Bertz CT molecular complexity index is 943. The number of rotatable bonds is 7. The summed E-state index contributed by atoms with van der Waals surface area (Å²) in [5, 5.41) is 11.1. The molecule has 0 bridgehead atoms. The second kappa shape index (κ2) is 9.16. The van der Waals surface area contributed by atoms with E-state index in [1.54, 1.807) is 17.0 Å². The van der Waals surface area contributed by atoms with E-state index in [0.717, 1.165) is 36.1 Å². The number of ketones is 1. The predicted octanol–water partition coefficient (Wildman–Crippen LogP) is 4.54. The maximum Gasteiger partial charge on any atom is 0.295 e. The third-order valence-electron chi connectivity index (χ3n) is 5.65. The number of amides is 1. The van der Waals surface area contributed by atoms with Crippen LogP contribution in [0.3, 0.4) is 0 Å². The molecule has 158 valence electrons. The smallest absolute Gasteiger partial charge is 0.295 e. The summed E-state index contributed by atoms with van der Waals surface area (Å²) < 4.78 is 0. The van der Waals surface area contributed by atoms with Gasteiger partial charge in [-0.05, 0) is 36.1 Å². The Morgan fingerprint density at radius 3 is 2.17 bits per heavy atom. The number of anilines is 1. The molecule has 5 heteroatoms. The van der Waals surface area contributed by atoms with Gasteiger partial charge in [-0.25, -0.2) is 0 Å². The van der Waals surface area contributed by atoms with Gasteiger partial charge >= 0.3 is 0 Å². The molecule has 0 aliphatic carbocycles. The average molecular weight is 407 g/mol. The summed E-state index contributed by atoms with van der Waals surface area (Å²) in [6.45, 7) is 4.59. The zero-order valence-electron chi connectivity index (χ0n) is 18.2. The normalized spacial score (nSPS) is 18.1. The number of hydrogen-bond acceptors (Lipinski definition) is 4. The summed E-state index contributed by atoms with van der Waals surface area (Å²) in [6.07, 6.45) is 2.60. The molecule has 0 spiro atoms. The van der Waals surface area contributed by atoms with Crippen LogP contribution in [0.15, 0.2) is 54.1 Å². The molecule has 1 N–H and O–H groups in total. The Morgan fingerprint density at radius 2 is 1.63 bits per heavy atom. The van der Waals surface area contributed by atoms with Crippen molar-refractivity contribution in [2.45, 2.75) is 39.2 Å². The fourth-order valence-corrected chi connectivity index (χ4v) is 3.79. The van der Waals surface area contributed by atoms with Crippen LogP contribution in [0.4, 0.5) is 5.69 Å². The molecule has 0 saturated carbocycles. The van der Waals surface area contributed by atoms with Crippen LogP contribution in [0.25, 0.3) is 5.76 Å². The van der Waals surface area contributed by atoms with Crippen molar-refractivity contribution in [3.63, 3.8) is 0 Å². The van der Waals surface area contributed by atoms with E-state index >= 15 is 0 Å². The summed E-state index contributed by atoms with van der Waals surface area (Å²) in [7, 11) is 3.92. The Morgan fingerprint density at radius 1 is 1.00 bits per heavy atom. The highest BCUT2D eigenvalue weighted by Crippen LogP contribution is 2.40. The molecule has 1 amide bonds. The van der Waals surface area contributed by atoms with Crippen molar-refractivity contribution in [1.82, 2.24) is 4.90 Å². The molecule has 2 aromatic rings. The second-order valence-electron chi connectivity index (χ2n) is 7.88. The van der Waals surface area contributed by atoms with Gasteiger partial charge in [0.05, 0.1) is 11.6 Å². The van der Waals surface area contributed by atoms with Crippen molar-refractivity contribution >= 4 is 23.1 Å². The topological polar surface area (TPSA) is 60.9 Å². The number of benzene rings is 2. The standard InChI is InChI=1S/C25H30N2O3/c1-5-7-16-27-22(18-12-14-20(15-13-18)26(3)4)21(24(29)25(27)30)23(28)19-10-8-17(6-2)9-11-19/h8-15,22,28H,5-7,16H2,1-4H3/b23-21-. The molecule has 1 aliphatic heterocycles. The lowest BCUT2D eigenvalue weighted by atomic mass is 9.94. The first kappa shape index (κ1) is 21.6. The van der Waals surface area contributed by atoms with Gasteiger partial charge in [0.2, 0.25) is 0 Å². The summed E-state index contributed by atoms with van der Waals surface area (Å²) in [6, 6.07) is 14.7. The molecule has 30 heavy (non-hydrogen) atoms. The SMILES string of the molecule is CCCCN1C(=O)C(=O)/C(=C(\O)c2ccc(CC)cc2)C1c1ccc(N(C)C)cc1. The average Bonchev–Trinajstić information content (AvgIpc) is 3.02. The molecule has 1 fully saturated rings. The van der Waals surface area contributed by atoms with Crippen LogP contribution >= 0.6 is 0 Å². The van der Waals surface area contributed by atoms with Gasteiger partial charge in [0, 0.05) is 31.9 Å². The third-order valence-corrected chi connectivity index (χ3v) is 5.65. The number of nitrogens with zero attached hydrogens (tertiary/aromatic N) is 2. The number of aliphatic hydroxyl groups is 1. The van der Waals surface area contributed by atoms with Crippen molar-refractivity contribution in [2.24, 2.45) is 0 Å². The molecule has 3 rings (SSSR count). The zero-order chi connectivity index (χ0) is 21.8. The molecule has 0 aromatic heterocycles. The van der Waals surface area contributed by atoms with Gasteiger partial charge < -0.3 is 14.9 Å². The summed E-state index contributed by atoms with van der Waals surface area (Å²) >= 11 is 0. The quantitative estimate of drug-likeness (QED) is 0.417. The van der Waals surface area contributed by atoms with Gasteiger partial charge in [-0.15, -0.1) is 0 Å². The van der Waals surface area contributed by atoms with Crippen LogP contribution in [-0.2, 0) is 16.0 Å². The molecule has 1 saturated heterocycles. The van der Waals surface area contributed by atoms with Crippen molar-refractivity contribution in [1.29, 1.82) is 0 Å². The number of hydrogen-bond donors (Lipinski definition) is 1. The zero-order valence-corrected chi connectivity index (χ0v) is 18.2. The minimum atomic E-state index is -0.621. The molecule has 5 nitrogen and oxygen atoms in total. The van der Waals surface area contributed by atoms with Gasteiger partial charge in [0.1, 0.15) is 5.76 Å². The Labute approximate surface area is 178 Å². The van der Waals surface area contributed by atoms with Crippen LogP contribution in [0.1, 0.15) is 49.4 Å². The Hall–Kier alpha value is -3.08. The highest BCUT2D eigenvalue weighted by Gasteiger charge is 2.45. The summed E-state index contributed by atoms with van der Waals surface area (Å²) in [5.74, 6) is -1.28. The molecule has 1 atom stereocenters. The van der Waals surface area contributed by atoms with E-state index in [-0.39, 0.29) is 11.3 Å². The van der Waals surface area contributed by atoms with E-state index in [1.165, 1.54) is 0 Å². The lowest BCUT2D eigenvalue weighted by Crippen LogP contribution is -2.30. The number of Topliss-reactive ketones (excluding diaryl/α,β-unsaturated/α-hetero) is 1. The van der Waals surface area contributed by atoms with Gasteiger partial charge in [0.25, 0.3) is 11.7 Å². The van der Waals surface area contributed by atoms with Crippen LogP contribution in [0.2, 0.25) is 0 Å². The van der Waals surface area contributed by atoms with E-state index < -0.39 is 17.7 Å². The Balaban J connectivity index is 2.11. The number of likely N-dealkylation sites (tertiary alicyclic amines) is 1. The lowest BCUT2D eigenvalue weighted by molar-refractivity contribution is -0.139. The van der Waals surface area contributed by atoms with Crippen LogP contribution < -0.4 is 4.90 Å². The Kier molecular flexibility index (Phi) is 6.60. The third kappa shape index (κ3) is 4.11. The largest absolute Gasteiger partial charge is 0.507 e. The van der Waals surface area contributed by atoms with E-state index in [1.807, 2.05) is 62.3 Å². The molecule has 1 unspecified atom stereocenters. The number of carbonyl (C=O) groups excluding carboxylic acids is 2. The van der Waals surface area contributed by atoms with Gasteiger partial charge in [0.15, 0.2) is 0 Å². The van der Waals surface area contributed by atoms with E-state index in [4.69, 9.17) is 0 Å². The second-order valence-corrected chi connectivity index (χ2v) is 7.88. The van der Waals surface area contributed by atoms with Crippen molar-refractivity contribution in [3.05, 3.63) is 70.8 Å². The molecule has 0 radical (unpaired) electrons. The number of aryl methyl sites for hydroxylation is 1. The maximum atomic E-state index is 13.0. The van der Waals surface area contributed by atoms with Gasteiger partial charge in [-0.3, -0.25) is 9.59 Å². The van der Waals surface area contributed by atoms with Gasteiger partial charge in [-0.1, -0.05) is 56.7 Å². The summed E-state index contributed by atoms with van der Waals surface area (Å²) in [4.78, 5) is 29.4. The minimum absolute atomic E-state index is 0.114. The molecular formula is C25H30N2O3. The number of carbonyl (C=O) groups is 2. The number of aliphatic hydroxyl groups excluding tert-OH is 1.